The molecule has 2 aromatic rings. The van der Waals surface area contributed by atoms with Gasteiger partial charge in [-0.1, -0.05) is 11.8 Å². The molecular formula is C15H10F3NO. The second kappa shape index (κ2) is 5.57. The first-order valence-electron chi connectivity index (χ1n) is 5.66. The first-order valence-corrected chi connectivity index (χ1v) is 5.66. The molecule has 2 nitrogen and oxygen atoms in total. The van der Waals surface area contributed by atoms with Crippen LogP contribution in [0, 0.1) is 11.8 Å². The molecule has 0 aromatic heterocycles. The molecule has 0 amide bonds. The molecule has 0 bridgehead atoms. The lowest BCUT2D eigenvalue weighted by Crippen LogP contribution is -2.16. The number of hydrogen-bond acceptors (Lipinski definition) is 2. The normalized spacial score (nSPS) is 10.6. The van der Waals surface area contributed by atoms with Gasteiger partial charge < -0.3 is 10.5 Å². The van der Waals surface area contributed by atoms with Gasteiger partial charge >= 0.3 is 6.36 Å². The first kappa shape index (κ1) is 13.8. The second-order valence-electron chi connectivity index (χ2n) is 3.94. The van der Waals surface area contributed by atoms with Crippen molar-refractivity contribution in [2.24, 2.45) is 0 Å². The molecule has 0 aliphatic rings. The molecule has 102 valence electrons. The molecule has 20 heavy (non-hydrogen) atoms. The number of alkyl halides is 3. The van der Waals surface area contributed by atoms with Crippen molar-refractivity contribution in [1.29, 1.82) is 0 Å². The molecule has 0 aliphatic carbocycles. The average Bonchev–Trinajstić information content (AvgIpc) is 2.38. The van der Waals surface area contributed by atoms with Crippen LogP contribution >= 0.6 is 0 Å². The van der Waals surface area contributed by atoms with Crippen molar-refractivity contribution in [3.8, 4) is 17.6 Å². The molecule has 0 radical (unpaired) electrons. The summed E-state index contributed by atoms with van der Waals surface area (Å²) in [6, 6.07) is 12.4. The Kier molecular flexibility index (Phi) is 3.85. The molecule has 0 atom stereocenters. The van der Waals surface area contributed by atoms with Crippen LogP contribution in [0.5, 0.6) is 5.75 Å². The van der Waals surface area contributed by atoms with Crippen LogP contribution in [0.1, 0.15) is 11.1 Å². The van der Waals surface area contributed by atoms with E-state index < -0.39 is 6.36 Å². The maximum Gasteiger partial charge on any atom is 0.573 e. The van der Waals surface area contributed by atoms with Gasteiger partial charge in [-0.2, -0.15) is 0 Å². The summed E-state index contributed by atoms with van der Waals surface area (Å²) in [6.07, 6.45) is -4.68. The van der Waals surface area contributed by atoms with E-state index in [4.69, 9.17) is 5.73 Å². The van der Waals surface area contributed by atoms with Crippen molar-refractivity contribution in [1.82, 2.24) is 0 Å². The van der Waals surface area contributed by atoms with E-state index in [1.807, 2.05) is 0 Å². The van der Waals surface area contributed by atoms with Crippen LogP contribution in [0.15, 0.2) is 48.5 Å². The highest BCUT2D eigenvalue weighted by Gasteiger charge is 2.30. The Morgan fingerprint density at radius 2 is 1.25 bits per heavy atom. The minimum atomic E-state index is -4.68. The lowest BCUT2D eigenvalue weighted by atomic mass is 10.1. The van der Waals surface area contributed by atoms with E-state index >= 15 is 0 Å². The van der Waals surface area contributed by atoms with Crippen LogP contribution in [-0.2, 0) is 0 Å². The monoisotopic (exact) mass is 277 g/mol. The van der Waals surface area contributed by atoms with Gasteiger partial charge in [0.25, 0.3) is 0 Å². The standard InChI is InChI=1S/C15H10F3NO/c16-15(17,18)20-14-9-5-12(6-10-14)2-1-11-3-7-13(19)8-4-11/h3-10H,19H2. The molecule has 2 N–H and O–H groups in total. The third-order valence-electron chi connectivity index (χ3n) is 2.35. The van der Waals surface area contributed by atoms with E-state index in [9.17, 15) is 13.2 Å². The third kappa shape index (κ3) is 4.25. The van der Waals surface area contributed by atoms with Gasteiger partial charge in [-0.3, -0.25) is 0 Å². The molecule has 2 rings (SSSR count). The van der Waals surface area contributed by atoms with E-state index in [1.165, 1.54) is 24.3 Å². The molecule has 0 aliphatic heterocycles. The quantitative estimate of drug-likeness (QED) is 0.639. The van der Waals surface area contributed by atoms with E-state index in [0.717, 1.165) is 5.56 Å². The number of nitrogens with two attached hydrogens (primary N) is 1. The van der Waals surface area contributed by atoms with Crippen LogP contribution < -0.4 is 10.5 Å². The van der Waals surface area contributed by atoms with Crippen LogP contribution in [0.2, 0.25) is 0 Å². The fraction of sp³-hybridized carbons (Fsp3) is 0.0667. The summed E-state index contributed by atoms with van der Waals surface area (Å²) in [7, 11) is 0. The van der Waals surface area contributed by atoms with Crippen molar-refractivity contribution in [2.75, 3.05) is 5.73 Å². The zero-order valence-electron chi connectivity index (χ0n) is 10.2. The van der Waals surface area contributed by atoms with Gasteiger partial charge in [0.05, 0.1) is 0 Å². The van der Waals surface area contributed by atoms with Gasteiger partial charge in [0, 0.05) is 16.8 Å². The molecule has 0 spiro atoms. The number of benzene rings is 2. The Hall–Kier alpha value is -2.61. The molecule has 0 saturated heterocycles. The summed E-state index contributed by atoms with van der Waals surface area (Å²) in [6.45, 7) is 0. The summed E-state index contributed by atoms with van der Waals surface area (Å²) in [5.74, 6) is 5.46. The summed E-state index contributed by atoms with van der Waals surface area (Å²) in [5, 5.41) is 0. The van der Waals surface area contributed by atoms with E-state index in [-0.39, 0.29) is 5.75 Å². The molecule has 2 aromatic carbocycles. The summed E-state index contributed by atoms with van der Waals surface area (Å²) < 4.78 is 39.7. The maximum atomic E-state index is 12.0. The minimum absolute atomic E-state index is 0.268. The maximum absolute atomic E-state index is 12.0. The molecule has 0 unspecified atom stereocenters. The SMILES string of the molecule is Nc1ccc(C#Cc2ccc(OC(F)(F)F)cc2)cc1. The smallest absolute Gasteiger partial charge is 0.406 e. The number of hydrogen-bond donors (Lipinski definition) is 1. The fourth-order valence-electron chi connectivity index (χ4n) is 1.45. The summed E-state index contributed by atoms with van der Waals surface area (Å²) >= 11 is 0. The molecule has 0 saturated carbocycles. The van der Waals surface area contributed by atoms with Gasteiger partial charge in [0.15, 0.2) is 0 Å². The highest BCUT2D eigenvalue weighted by atomic mass is 19.4. The zero-order chi connectivity index (χ0) is 14.6. The van der Waals surface area contributed by atoms with Crippen molar-refractivity contribution < 1.29 is 17.9 Å². The van der Waals surface area contributed by atoms with Crippen molar-refractivity contribution >= 4 is 5.69 Å². The molecular weight excluding hydrogens is 267 g/mol. The van der Waals surface area contributed by atoms with Gasteiger partial charge in [-0.15, -0.1) is 13.2 Å². The Balaban J connectivity index is 2.10. The Bertz CT molecular complexity index is 634. The van der Waals surface area contributed by atoms with E-state index in [2.05, 4.69) is 16.6 Å². The Morgan fingerprint density at radius 3 is 1.70 bits per heavy atom. The zero-order valence-corrected chi connectivity index (χ0v) is 10.2. The van der Waals surface area contributed by atoms with Crippen LogP contribution in [0.25, 0.3) is 0 Å². The fourth-order valence-corrected chi connectivity index (χ4v) is 1.45. The Labute approximate surface area is 114 Å². The van der Waals surface area contributed by atoms with Crippen molar-refractivity contribution in [3.05, 3.63) is 59.7 Å². The van der Waals surface area contributed by atoms with E-state index in [1.54, 1.807) is 24.3 Å². The lowest BCUT2D eigenvalue weighted by molar-refractivity contribution is -0.274. The number of halogens is 3. The number of nitrogen functional groups attached to an aromatic ring is 1. The van der Waals surface area contributed by atoms with Crippen LogP contribution in [0.3, 0.4) is 0 Å². The molecule has 5 heteroatoms. The largest absolute Gasteiger partial charge is 0.573 e. The van der Waals surface area contributed by atoms with E-state index in [0.29, 0.717) is 11.3 Å². The minimum Gasteiger partial charge on any atom is -0.406 e. The lowest BCUT2D eigenvalue weighted by Gasteiger charge is -2.07. The predicted molar refractivity (Wildman–Crippen MR) is 70.0 cm³/mol. The number of rotatable bonds is 1. The highest BCUT2D eigenvalue weighted by molar-refractivity contribution is 5.48. The molecule has 0 fully saturated rings. The van der Waals surface area contributed by atoms with Crippen molar-refractivity contribution in [3.63, 3.8) is 0 Å². The predicted octanol–water partition coefficient (Wildman–Crippen LogP) is 3.57. The Morgan fingerprint density at radius 1 is 0.800 bits per heavy atom. The number of anilines is 1. The highest BCUT2D eigenvalue weighted by Crippen LogP contribution is 2.22. The topological polar surface area (TPSA) is 35.2 Å². The van der Waals surface area contributed by atoms with Crippen LogP contribution in [0.4, 0.5) is 18.9 Å². The van der Waals surface area contributed by atoms with Gasteiger partial charge in [-0.05, 0) is 48.5 Å². The summed E-state index contributed by atoms with van der Waals surface area (Å²) in [5.41, 5.74) is 7.56. The van der Waals surface area contributed by atoms with Gasteiger partial charge in [-0.25, -0.2) is 0 Å². The van der Waals surface area contributed by atoms with Gasteiger partial charge in [0.1, 0.15) is 5.75 Å². The number of ether oxygens (including phenoxy) is 1. The first-order chi connectivity index (χ1) is 9.42. The summed E-state index contributed by atoms with van der Waals surface area (Å²) in [4.78, 5) is 0. The van der Waals surface area contributed by atoms with Crippen LogP contribution in [-0.4, -0.2) is 6.36 Å². The third-order valence-corrected chi connectivity index (χ3v) is 2.35. The van der Waals surface area contributed by atoms with Crippen molar-refractivity contribution in [2.45, 2.75) is 6.36 Å². The average molecular weight is 277 g/mol. The second-order valence-corrected chi connectivity index (χ2v) is 3.94. The van der Waals surface area contributed by atoms with Gasteiger partial charge in [0.2, 0.25) is 0 Å². The molecule has 0 heterocycles.